The van der Waals surface area contributed by atoms with Crippen LogP contribution in [0.25, 0.3) is 0 Å². The number of hydrogen-bond donors (Lipinski definition) is 1. The smallest absolute Gasteiger partial charge is 0.137 e. The zero-order valence-electron chi connectivity index (χ0n) is 12.9. The van der Waals surface area contributed by atoms with Gasteiger partial charge in [0.15, 0.2) is 0 Å². The third-order valence-electron chi connectivity index (χ3n) is 4.04. The molecule has 0 radical (unpaired) electrons. The minimum atomic E-state index is 0.429. The minimum absolute atomic E-state index is 0.429. The molecule has 3 heteroatoms. The van der Waals surface area contributed by atoms with Gasteiger partial charge < -0.3 is 10.1 Å². The van der Waals surface area contributed by atoms with Gasteiger partial charge in [-0.05, 0) is 43.4 Å². The molecular weight excluding hydrogens is 248 g/mol. The van der Waals surface area contributed by atoms with Crippen LogP contribution in [0.4, 0.5) is 0 Å². The predicted molar refractivity (Wildman–Crippen MR) is 83.0 cm³/mol. The van der Waals surface area contributed by atoms with E-state index in [1.807, 2.05) is 12.4 Å². The van der Waals surface area contributed by atoms with Crippen LogP contribution in [-0.4, -0.2) is 18.1 Å². The number of ether oxygens (including phenoxy) is 1. The van der Waals surface area contributed by atoms with E-state index in [0.717, 1.165) is 31.2 Å². The van der Waals surface area contributed by atoms with Crippen molar-refractivity contribution in [3.63, 3.8) is 0 Å². The Bertz CT molecular complexity index is 390. The van der Waals surface area contributed by atoms with Crippen LogP contribution in [0.3, 0.4) is 0 Å². The fraction of sp³-hybridized carbons (Fsp3) is 0.706. The zero-order chi connectivity index (χ0) is 14.2. The Morgan fingerprint density at radius 2 is 2.15 bits per heavy atom. The third kappa shape index (κ3) is 4.48. The van der Waals surface area contributed by atoms with E-state index >= 15 is 0 Å². The first kappa shape index (κ1) is 15.3. The van der Waals surface area contributed by atoms with Crippen LogP contribution < -0.4 is 10.1 Å². The Balaban J connectivity index is 2.01. The van der Waals surface area contributed by atoms with Crippen molar-refractivity contribution in [2.45, 2.75) is 58.4 Å². The lowest BCUT2D eigenvalue weighted by Crippen LogP contribution is -2.26. The van der Waals surface area contributed by atoms with E-state index in [-0.39, 0.29) is 0 Å². The number of nitrogens with one attached hydrogen (secondary N) is 1. The van der Waals surface area contributed by atoms with Crippen molar-refractivity contribution < 1.29 is 4.74 Å². The van der Waals surface area contributed by atoms with Crippen LogP contribution in [0.5, 0.6) is 5.75 Å². The number of nitrogens with zero attached hydrogens (tertiary/aromatic N) is 1. The fourth-order valence-electron chi connectivity index (χ4n) is 2.64. The molecule has 1 aliphatic carbocycles. The Kier molecular flexibility index (Phi) is 6.31. The highest BCUT2D eigenvalue weighted by atomic mass is 16.5. The first-order valence-corrected chi connectivity index (χ1v) is 8.14. The molecule has 1 aliphatic rings. The van der Waals surface area contributed by atoms with Gasteiger partial charge in [0.2, 0.25) is 0 Å². The van der Waals surface area contributed by atoms with Crippen LogP contribution >= 0.6 is 0 Å². The number of pyridine rings is 1. The largest absolute Gasteiger partial charge is 0.492 e. The van der Waals surface area contributed by atoms with E-state index in [0.29, 0.717) is 6.04 Å². The molecule has 1 N–H and O–H groups in total. The Labute approximate surface area is 123 Å². The lowest BCUT2D eigenvalue weighted by atomic mass is 9.80. The van der Waals surface area contributed by atoms with Crippen LogP contribution in [0.2, 0.25) is 0 Å². The van der Waals surface area contributed by atoms with Gasteiger partial charge in [0.05, 0.1) is 12.8 Å². The average Bonchev–Trinajstić information content (AvgIpc) is 2.43. The zero-order valence-corrected chi connectivity index (χ0v) is 12.9. The quantitative estimate of drug-likeness (QED) is 0.737. The van der Waals surface area contributed by atoms with Crippen LogP contribution in [0, 0.1) is 5.92 Å². The van der Waals surface area contributed by atoms with Crippen molar-refractivity contribution in [2.24, 2.45) is 5.92 Å². The van der Waals surface area contributed by atoms with Crippen molar-refractivity contribution >= 4 is 0 Å². The van der Waals surface area contributed by atoms with Gasteiger partial charge in [-0.2, -0.15) is 0 Å². The minimum Gasteiger partial charge on any atom is -0.492 e. The second kappa shape index (κ2) is 8.25. The van der Waals surface area contributed by atoms with Crippen molar-refractivity contribution in [1.82, 2.24) is 10.3 Å². The molecule has 0 aromatic carbocycles. The van der Waals surface area contributed by atoms with Crippen molar-refractivity contribution in [3.8, 4) is 5.75 Å². The molecule has 0 spiro atoms. The van der Waals surface area contributed by atoms with Gasteiger partial charge in [0.25, 0.3) is 0 Å². The van der Waals surface area contributed by atoms with Crippen molar-refractivity contribution in [1.29, 1.82) is 0 Å². The molecule has 0 aliphatic heterocycles. The lowest BCUT2D eigenvalue weighted by Gasteiger charge is -2.30. The molecule has 0 amide bonds. The van der Waals surface area contributed by atoms with Gasteiger partial charge in [-0.15, -0.1) is 0 Å². The van der Waals surface area contributed by atoms with Gasteiger partial charge in [0.1, 0.15) is 5.75 Å². The summed E-state index contributed by atoms with van der Waals surface area (Å²) in [7, 11) is 0. The van der Waals surface area contributed by atoms with E-state index in [4.69, 9.17) is 4.74 Å². The molecule has 1 atom stereocenters. The van der Waals surface area contributed by atoms with E-state index in [2.05, 4.69) is 30.2 Å². The molecule has 1 unspecified atom stereocenters. The van der Waals surface area contributed by atoms with Crippen LogP contribution in [0.1, 0.15) is 64.0 Å². The molecule has 0 bridgehead atoms. The first-order valence-electron chi connectivity index (χ1n) is 8.14. The van der Waals surface area contributed by atoms with Gasteiger partial charge in [-0.25, -0.2) is 0 Å². The molecule has 20 heavy (non-hydrogen) atoms. The summed E-state index contributed by atoms with van der Waals surface area (Å²) in [5, 5.41) is 3.67. The topological polar surface area (TPSA) is 34.2 Å². The molecule has 3 nitrogen and oxygen atoms in total. The van der Waals surface area contributed by atoms with E-state index in [9.17, 15) is 0 Å². The molecule has 112 valence electrons. The second-order valence-corrected chi connectivity index (χ2v) is 5.84. The third-order valence-corrected chi connectivity index (χ3v) is 4.04. The maximum absolute atomic E-state index is 5.71. The molecule has 1 saturated carbocycles. The average molecular weight is 276 g/mol. The lowest BCUT2D eigenvalue weighted by molar-refractivity contribution is 0.260. The van der Waals surface area contributed by atoms with Crippen LogP contribution in [0.15, 0.2) is 18.5 Å². The fourth-order valence-corrected chi connectivity index (χ4v) is 2.64. The summed E-state index contributed by atoms with van der Waals surface area (Å²) in [4.78, 5) is 4.35. The standard InChI is InChI=1S/C17H28N2O/c1-3-8-19-17(10-14-6-5-7-14)15-11-16(13-18-12-15)20-9-4-2/h11-14,17,19H,3-10H2,1-2H3. The van der Waals surface area contributed by atoms with Crippen molar-refractivity contribution in [3.05, 3.63) is 24.0 Å². The van der Waals surface area contributed by atoms with E-state index < -0.39 is 0 Å². The highest BCUT2D eigenvalue weighted by Crippen LogP contribution is 2.35. The van der Waals surface area contributed by atoms with Gasteiger partial charge in [-0.1, -0.05) is 33.1 Å². The summed E-state index contributed by atoms with van der Waals surface area (Å²) < 4.78 is 5.71. The maximum atomic E-state index is 5.71. The second-order valence-electron chi connectivity index (χ2n) is 5.84. The van der Waals surface area contributed by atoms with Gasteiger partial charge in [-0.3, -0.25) is 4.98 Å². The molecule has 2 rings (SSSR count). The predicted octanol–water partition coefficient (Wildman–Crippen LogP) is 4.10. The normalized spacial score (nSPS) is 16.7. The molecular formula is C17H28N2O. The highest BCUT2D eigenvalue weighted by Gasteiger charge is 2.23. The maximum Gasteiger partial charge on any atom is 0.137 e. The summed E-state index contributed by atoms with van der Waals surface area (Å²) in [6.07, 6.45) is 11.4. The first-order chi connectivity index (χ1) is 9.83. The monoisotopic (exact) mass is 276 g/mol. The molecule has 1 heterocycles. The summed E-state index contributed by atoms with van der Waals surface area (Å²) in [5.41, 5.74) is 1.28. The Hall–Kier alpha value is -1.09. The number of rotatable bonds is 9. The van der Waals surface area contributed by atoms with Crippen LogP contribution in [-0.2, 0) is 0 Å². The highest BCUT2D eigenvalue weighted by molar-refractivity contribution is 5.26. The van der Waals surface area contributed by atoms with E-state index in [1.54, 1.807) is 0 Å². The number of hydrogen-bond acceptors (Lipinski definition) is 3. The van der Waals surface area contributed by atoms with Gasteiger partial charge >= 0.3 is 0 Å². The van der Waals surface area contributed by atoms with Gasteiger partial charge in [0, 0.05) is 12.2 Å². The molecule has 1 aromatic heterocycles. The summed E-state index contributed by atoms with van der Waals surface area (Å²) in [6, 6.07) is 2.59. The summed E-state index contributed by atoms with van der Waals surface area (Å²) in [6.45, 7) is 6.17. The summed E-state index contributed by atoms with van der Waals surface area (Å²) in [5.74, 6) is 1.80. The molecule has 1 aromatic rings. The Morgan fingerprint density at radius 1 is 1.30 bits per heavy atom. The SMILES string of the molecule is CCCNC(CC1CCC1)c1cncc(OCCC)c1. The molecule has 0 saturated heterocycles. The Morgan fingerprint density at radius 3 is 2.80 bits per heavy atom. The van der Waals surface area contributed by atoms with Crippen molar-refractivity contribution in [2.75, 3.05) is 13.2 Å². The van der Waals surface area contributed by atoms with E-state index in [1.165, 1.54) is 37.7 Å². The molecule has 1 fully saturated rings. The summed E-state index contributed by atoms with van der Waals surface area (Å²) >= 11 is 0. The number of aromatic nitrogens is 1.